The summed E-state index contributed by atoms with van der Waals surface area (Å²) in [6.07, 6.45) is 2.76. The second kappa shape index (κ2) is 6.30. The van der Waals surface area contributed by atoms with Gasteiger partial charge < -0.3 is 14.5 Å². The van der Waals surface area contributed by atoms with Gasteiger partial charge in [0.2, 0.25) is 15.0 Å². The van der Waals surface area contributed by atoms with E-state index in [4.69, 9.17) is 15.4 Å². The van der Waals surface area contributed by atoms with Crippen LogP contribution < -0.4 is 0 Å². The highest BCUT2D eigenvalue weighted by molar-refractivity contribution is 8.14. The van der Waals surface area contributed by atoms with E-state index in [0.717, 1.165) is 12.8 Å². The summed E-state index contributed by atoms with van der Waals surface area (Å²) in [6.45, 7) is 5.68. The third-order valence-electron chi connectivity index (χ3n) is 5.27. The molecule has 0 aromatic carbocycles. The molecule has 0 saturated carbocycles. The zero-order chi connectivity index (χ0) is 18.6. The highest BCUT2D eigenvalue weighted by Crippen LogP contribution is 2.40. The molecule has 3 aliphatic rings. The van der Waals surface area contributed by atoms with Crippen molar-refractivity contribution in [3.8, 4) is 0 Å². The number of halogens is 1. The first-order valence-corrected chi connectivity index (χ1v) is 11.1. The van der Waals surface area contributed by atoms with Crippen molar-refractivity contribution in [2.75, 3.05) is 6.54 Å². The van der Waals surface area contributed by atoms with Crippen LogP contribution in [0.3, 0.4) is 0 Å². The van der Waals surface area contributed by atoms with E-state index in [9.17, 15) is 18.0 Å². The Morgan fingerprint density at radius 1 is 1.16 bits per heavy atom. The lowest BCUT2D eigenvalue weighted by Crippen LogP contribution is -2.54. The van der Waals surface area contributed by atoms with Gasteiger partial charge in [0.15, 0.2) is 0 Å². The Balaban J connectivity index is 1.68. The molecule has 2 unspecified atom stereocenters. The number of carbonyl (C=O) groups is 2. The van der Waals surface area contributed by atoms with Crippen LogP contribution in [0.4, 0.5) is 4.79 Å². The number of likely N-dealkylation sites (tertiary alicyclic amines) is 1. The first-order valence-electron chi connectivity index (χ1n) is 8.70. The second-order valence-electron chi connectivity index (χ2n) is 8.25. The van der Waals surface area contributed by atoms with Crippen molar-refractivity contribution in [2.24, 2.45) is 0 Å². The molecule has 3 aliphatic heterocycles. The van der Waals surface area contributed by atoms with E-state index in [-0.39, 0.29) is 43.1 Å². The lowest BCUT2D eigenvalue weighted by Gasteiger charge is -2.42. The predicted molar refractivity (Wildman–Crippen MR) is 92.8 cm³/mol. The summed E-state index contributed by atoms with van der Waals surface area (Å²) in [5.74, 6) is -0.163. The lowest BCUT2D eigenvalue weighted by molar-refractivity contribution is -0.130. The fraction of sp³-hybridized carbons (Fsp3) is 0.875. The minimum atomic E-state index is -3.74. The summed E-state index contributed by atoms with van der Waals surface area (Å²) in [4.78, 5) is 28.2. The number of hydrogen-bond acceptors (Lipinski definition) is 5. The predicted octanol–water partition coefficient (Wildman–Crippen LogP) is 2.09. The third-order valence-corrected chi connectivity index (χ3v) is 7.14. The van der Waals surface area contributed by atoms with Gasteiger partial charge in [-0.1, -0.05) is 0 Å². The monoisotopic (exact) mass is 392 g/mol. The topological polar surface area (TPSA) is 84.0 Å². The second-order valence-corrected chi connectivity index (χ2v) is 11.2. The van der Waals surface area contributed by atoms with Gasteiger partial charge in [0.25, 0.3) is 0 Å². The molecular formula is C16H25ClN2O5S. The largest absolute Gasteiger partial charge is 0.444 e. The Hall–Kier alpha value is -1.02. The molecular weight excluding hydrogens is 368 g/mol. The summed E-state index contributed by atoms with van der Waals surface area (Å²) in [7, 11) is 1.69. The average molecular weight is 393 g/mol. The van der Waals surface area contributed by atoms with Crippen molar-refractivity contribution in [3.63, 3.8) is 0 Å². The van der Waals surface area contributed by atoms with Crippen LogP contribution in [0.25, 0.3) is 0 Å². The van der Waals surface area contributed by atoms with Crippen LogP contribution >= 0.6 is 10.7 Å². The number of piperidine rings is 1. The number of rotatable bonds is 2. The molecule has 0 aromatic heterocycles. The highest BCUT2D eigenvalue weighted by Gasteiger charge is 2.49. The maximum atomic E-state index is 12.5. The molecule has 3 saturated heterocycles. The van der Waals surface area contributed by atoms with Crippen molar-refractivity contribution in [3.05, 3.63) is 0 Å². The van der Waals surface area contributed by atoms with Gasteiger partial charge in [-0.3, -0.25) is 4.79 Å². The summed E-state index contributed by atoms with van der Waals surface area (Å²) in [6, 6.07) is 0.0446. The average Bonchev–Trinajstić information content (AvgIpc) is 2.95. The third kappa shape index (κ3) is 3.89. The molecule has 9 heteroatoms. The fourth-order valence-corrected chi connectivity index (χ4v) is 5.29. The van der Waals surface area contributed by atoms with E-state index in [0.29, 0.717) is 12.8 Å². The van der Waals surface area contributed by atoms with Crippen molar-refractivity contribution in [1.82, 2.24) is 9.80 Å². The Labute approximate surface area is 153 Å². The van der Waals surface area contributed by atoms with Crippen LogP contribution in [0.5, 0.6) is 0 Å². The van der Waals surface area contributed by atoms with Crippen LogP contribution in [0.15, 0.2) is 0 Å². The Bertz CT molecular complexity index is 661. The molecule has 0 aromatic rings. The molecule has 142 valence electrons. The standard InChI is InChI=1S/C16H25ClN2O5S/c1-16(2,3)24-15(21)19-10-4-5-11(19)7-12(6-10)18-9-13(8-14(18)20)25(17,22)23/h10-13H,4-9H2,1-3H3/t10-,11+,12?,13?. The van der Waals surface area contributed by atoms with E-state index >= 15 is 0 Å². The van der Waals surface area contributed by atoms with E-state index < -0.39 is 19.9 Å². The van der Waals surface area contributed by atoms with Gasteiger partial charge in [0, 0.05) is 41.8 Å². The summed E-state index contributed by atoms with van der Waals surface area (Å²) < 4.78 is 28.6. The molecule has 0 N–H and O–H groups in total. The number of carbonyl (C=O) groups excluding carboxylic acids is 2. The minimum Gasteiger partial charge on any atom is -0.444 e. The number of fused-ring (bicyclic) bond motifs is 2. The molecule has 7 nitrogen and oxygen atoms in total. The van der Waals surface area contributed by atoms with Crippen molar-refractivity contribution < 1.29 is 22.7 Å². The smallest absolute Gasteiger partial charge is 0.410 e. The van der Waals surface area contributed by atoms with Gasteiger partial charge in [-0.25, -0.2) is 13.2 Å². The first-order chi connectivity index (χ1) is 11.5. The van der Waals surface area contributed by atoms with Gasteiger partial charge in [-0.2, -0.15) is 0 Å². The molecule has 3 heterocycles. The zero-order valence-electron chi connectivity index (χ0n) is 14.8. The van der Waals surface area contributed by atoms with Crippen LogP contribution in [0.1, 0.15) is 52.9 Å². The maximum absolute atomic E-state index is 12.5. The molecule has 3 fully saturated rings. The van der Waals surface area contributed by atoms with E-state index in [1.165, 1.54) is 0 Å². The fourth-order valence-electron chi connectivity index (χ4n) is 4.25. The summed E-state index contributed by atoms with van der Waals surface area (Å²) in [5.41, 5.74) is -0.541. The quantitative estimate of drug-likeness (QED) is 0.672. The summed E-state index contributed by atoms with van der Waals surface area (Å²) in [5, 5.41) is -0.830. The van der Waals surface area contributed by atoms with E-state index in [1.54, 1.807) is 4.90 Å². The zero-order valence-corrected chi connectivity index (χ0v) is 16.3. The van der Waals surface area contributed by atoms with Gasteiger partial charge in [0.05, 0.1) is 0 Å². The minimum absolute atomic E-state index is 0.0351. The van der Waals surface area contributed by atoms with Gasteiger partial charge >= 0.3 is 6.09 Å². The number of nitrogens with zero attached hydrogens (tertiary/aromatic N) is 2. The van der Waals surface area contributed by atoms with Crippen molar-refractivity contribution in [2.45, 2.75) is 81.9 Å². The van der Waals surface area contributed by atoms with Crippen LogP contribution in [-0.2, 0) is 18.6 Å². The SMILES string of the molecule is CC(C)(C)OC(=O)N1[C@@H]2CC[C@H]1CC(N1CC(S(=O)(=O)Cl)CC1=O)C2. The number of amides is 2. The molecule has 2 bridgehead atoms. The lowest BCUT2D eigenvalue weighted by atomic mass is 9.96. The first kappa shape index (κ1) is 18.8. The molecule has 0 spiro atoms. The van der Waals surface area contributed by atoms with Crippen LogP contribution in [-0.4, -0.2) is 65.7 Å². The number of hydrogen-bond donors (Lipinski definition) is 0. The van der Waals surface area contributed by atoms with Gasteiger partial charge in [0.1, 0.15) is 10.9 Å². The Morgan fingerprint density at radius 2 is 1.72 bits per heavy atom. The Kier molecular flexibility index (Phi) is 4.73. The molecule has 0 aliphatic carbocycles. The van der Waals surface area contributed by atoms with Crippen molar-refractivity contribution in [1.29, 1.82) is 0 Å². The van der Waals surface area contributed by atoms with Crippen LogP contribution in [0, 0.1) is 0 Å². The van der Waals surface area contributed by atoms with Gasteiger partial charge in [-0.15, -0.1) is 0 Å². The summed E-state index contributed by atoms with van der Waals surface area (Å²) >= 11 is 0. The Morgan fingerprint density at radius 3 is 2.16 bits per heavy atom. The van der Waals surface area contributed by atoms with Crippen molar-refractivity contribution >= 4 is 31.7 Å². The van der Waals surface area contributed by atoms with E-state index in [1.807, 2.05) is 25.7 Å². The number of ether oxygens (including phenoxy) is 1. The molecule has 0 radical (unpaired) electrons. The maximum Gasteiger partial charge on any atom is 0.410 e. The molecule has 4 atom stereocenters. The molecule has 2 amide bonds. The molecule has 25 heavy (non-hydrogen) atoms. The van der Waals surface area contributed by atoms with E-state index in [2.05, 4.69) is 0 Å². The highest BCUT2D eigenvalue weighted by atomic mass is 35.7. The molecule has 3 rings (SSSR count). The van der Waals surface area contributed by atoms with Crippen LogP contribution in [0.2, 0.25) is 0 Å². The van der Waals surface area contributed by atoms with Gasteiger partial charge in [-0.05, 0) is 46.5 Å². The normalized spacial score (nSPS) is 33.0.